The summed E-state index contributed by atoms with van der Waals surface area (Å²) in [6, 6.07) is 0. The number of rotatable bonds is 12. The average molecular weight is 409 g/mol. The molecular formula is C17H36N4O5S. The Balaban J connectivity index is 2.30. The molecule has 1 rings (SSSR count). The lowest BCUT2D eigenvalue weighted by molar-refractivity contribution is 0.0698. The van der Waals surface area contributed by atoms with Crippen molar-refractivity contribution in [3.05, 3.63) is 0 Å². The van der Waals surface area contributed by atoms with Crippen molar-refractivity contribution in [2.75, 3.05) is 79.1 Å². The zero-order valence-electron chi connectivity index (χ0n) is 17.1. The fourth-order valence-electron chi connectivity index (χ4n) is 2.65. The van der Waals surface area contributed by atoms with Gasteiger partial charge in [-0.25, -0.2) is 8.42 Å². The Kier molecular flexibility index (Phi) is 11.8. The first-order valence-electron chi connectivity index (χ1n) is 9.52. The first-order valence-corrected chi connectivity index (χ1v) is 11.1. The second kappa shape index (κ2) is 13.3. The van der Waals surface area contributed by atoms with Gasteiger partial charge in [-0.1, -0.05) is 0 Å². The van der Waals surface area contributed by atoms with E-state index in [4.69, 9.17) is 14.2 Å². The van der Waals surface area contributed by atoms with Gasteiger partial charge in [0.2, 0.25) is 10.0 Å². The maximum atomic E-state index is 12.4. The normalized spacial score (nSPS) is 16.9. The highest BCUT2D eigenvalue weighted by Gasteiger charge is 2.27. The molecular weight excluding hydrogens is 372 g/mol. The largest absolute Gasteiger partial charge is 0.382 e. The molecule has 0 atom stereocenters. The first-order chi connectivity index (χ1) is 12.9. The fraction of sp³-hybridized carbons (Fsp3) is 0.941. The highest BCUT2D eigenvalue weighted by molar-refractivity contribution is 7.89. The van der Waals surface area contributed by atoms with Crippen molar-refractivity contribution in [3.8, 4) is 0 Å². The lowest BCUT2D eigenvalue weighted by atomic mass is 10.4. The lowest BCUT2D eigenvalue weighted by Gasteiger charge is -2.35. The van der Waals surface area contributed by atoms with Crippen molar-refractivity contribution in [1.82, 2.24) is 14.5 Å². The Hall–Kier alpha value is -0.940. The van der Waals surface area contributed by atoms with Crippen LogP contribution in [0.3, 0.4) is 0 Å². The summed E-state index contributed by atoms with van der Waals surface area (Å²) >= 11 is 0. The number of guanidine groups is 1. The van der Waals surface area contributed by atoms with Crippen LogP contribution < -0.4 is 5.32 Å². The number of piperazine rings is 1. The molecule has 0 amide bonds. The summed E-state index contributed by atoms with van der Waals surface area (Å²) < 4.78 is 42.1. The van der Waals surface area contributed by atoms with E-state index < -0.39 is 10.0 Å². The van der Waals surface area contributed by atoms with Crippen LogP contribution in [-0.4, -0.2) is 109 Å². The molecule has 1 heterocycles. The summed E-state index contributed by atoms with van der Waals surface area (Å²) in [7, 11) is 0.120. The number of aliphatic imine (C=N–C) groups is 1. The van der Waals surface area contributed by atoms with E-state index in [0.717, 1.165) is 18.9 Å². The summed E-state index contributed by atoms with van der Waals surface area (Å²) in [6.07, 6.45) is 0.907. The molecule has 0 aliphatic carbocycles. The zero-order valence-corrected chi connectivity index (χ0v) is 18.0. The van der Waals surface area contributed by atoms with E-state index >= 15 is 0 Å². The van der Waals surface area contributed by atoms with Crippen LogP contribution in [0.15, 0.2) is 4.99 Å². The minimum atomic E-state index is -3.27. The third-order valence-corrected chi connectivity index (χ3v) is 5.95. The van der Waals surface area contributed by atoms with Gasteiger partial charge in [0.25, 0.3) is 0 Å². The van der Waals surface area contributed by atoms with Gasteiger partial charge in [0.15, 0.2) is 5.96 Å². The van der Waals surface area contributed by atoms with Crippen LogP contribution in [0.4, 0.5) is 0 Å². The van der Waals surface area contributed by atoms with Crippen molar-refractivity contribution >= 4 is 16.0 Å². The van der Waals surface area contributed by atoms with Gasteiger partial charge in [-0.15, -0.1) is 0 Å². The molecule has 10 heteroatoms. The third-order valence-electron chi connectivity index (χ3n) is 4.12. The van der Waals surface area contributed by atoms with Gasteiger partial charge in [-0.3, -0.25) is 4.99 Å². The maximum absolute atomic E-state index is 12.4. The van der Waals surface area contributed by atoms with Crippen molar-refractivity contribution < 1.29 is 22.6 Å². The van der Waals surface area contributed by atoms with Crippen molar-refractivity contribution in [2.45, 2.75) is 26.4 Å². The highest BCUT2D eigenvalue weighted by atomic mass is 32.2. The summed E-state index contributed by atoms with van der Waals surface area (Å²) in [5.41, 5.74) is 0. The molecule has 1 saturated heterocycles. The summed E-state index contributed by atoms with van der Waals surface area (Å²) in [6.45, 7) is 8.82. The van der Waals surface area contributed by atoms with E-state index in [2.05, 4.69) is 15.2 Å². The molecule has 27 heavy (non-hydrogen) atoms. The molecule has 1 aliphatic heterocycles. The van der Waals surface area contributed by atoms with Gasteiger partial charge in [0.1, 0.15) is 0 Å². The Morgan fingerprint density at radius 2 is 1.81 bits per heavy atom. The minimum Gasteiger partial charge on any atom is -0.382 e. The van der Waals surface area contributed by atoms with Crippen LogP contribution in [0.1, 0.15) is 20.3 Å². The molecule has 160 valence electrons. The van der Waals surface area contributed by atoms with Crippen molar-refractivity contribution in [2.24, 2.45) is 4.99 Å². The molecule has 0 bridgehead atoms. The molecule has 0 radical (unpaired) electrons. The van der Waals surface area contributed by atoms with Gasteiger partial charge in [0, 0.05) is 53.5 Å². The van der Waals surface area contributed by atoms with Gasteiger partial charge in [-0.05, 0) is 20.3 Å². The van der Waals surface area contributed by atoms with Crippen LogP contribution >= 0.6 is 0 Å². The van der Waals surface area contributed by atoms with E-state index in [1.807, 2.05) is 13.8 Å². The molecule has 0 aromatic rings. The number of sulfonamides is 1. The summed E-state index contributed by atoms with van der Waals surface area (Å²) in [4.78, 5) is 6.38. The topological polar surface area (TPSA) is 92.7 Å². The molecule has 9 nitrogen and oxygen atoms in total. The number of ether oxygens (including phenoxy) is 3. The van der Waals surface area contributed by atoms with Crippen LogP contribution in [0, 0.1) is 0 Å². The third kappa shape index (κ3) is 9.70. The molecule has 1 N–H and O–H groups in total. The van der Waals surface area contributed by atoms with Crippen LogP contribution in [0.25, 0.3) is 0 Å². The fourth-order valence-corrected chi connectivity index (χ4v) is 3.93. The van der Waals surface area contributed by atoms with E-state index in [1.54, 1.807) is 18.5 Å². The van der Waals surface area contributed by atoms with Gasteiger partial charge >= 0.3 is 0 Å². The first kappa shape index (κ1) is 24.1. The van der Waals surface area contributed by atoms with Crippen LogP contribution in [-0.2, 0) is 24.2 Å². The molecule has 1 fully saturated rings. The lowest BCUT2D eigenvalue weighted by Crippen LogP contribution is -2.54. The predicted molar refractivity (Wildman–Crippen MR) is 107 cm³/mol. The number of nitrogens with one attached hydrogen (secondary N) is 1. The number of hydrogen-bond donors (Lipinski definition) is 1. The SMILES string of the molecule is CN=C(NCCCOCCOC)N1CCN(S(=O)(=O)CCOC(C)C)CC1. The Bertz CT molecular complexity index is 519. The number of hydrogen-bond acceptors (Lipinski definition) is 6. The Morgan fingerprint density at radius 3 is 2.41 bits per heavy atom. The van der Waals surface area contributed by atoms with Crippen molar-refractivity contribution in [3.63, 3.8) is 0 Å². The molecule has 0 unspecified atom stereocenters. The zero-order chi connectivity index (χ0) is 20.1. The quantitative estimate of drug-likeness (QED) is 0.276. The van der Waals surface area contributed by atoms with Crippen LogP contribution in [0.5, 0.6) is 0 Å². The smallest absolute Gasteiger partial charge is 0.216 e. The van der Waals surface area contributed by atoms with E-state index in [9.17, 15) is 8.42 Å². The average Bonchev–Trinajstić information content (AvgIpc) is 2.64. The Morgan fingerprint density at radius 1 is 1.11 bits per heavy atom. The second-order valence-electron chi connectivity index (χ2n) is 6.55. The molecule has 0 aromatic heterocycles. The number of methoxy groups -OCH3 is 1. The second-order valence-corrected chi connectivity index (χ2v) is 8.64. The van der Waals surface area contributed by atoms with E-state index in [-0.39, 0.29) is 18.5 Å². The van der Waals surface area contributed by atoms with Gasteiger partial charge in [0.05, 0.1) is 31.7 Å². The van der Waals surface area contributed by atoms with Gasteiger partial charge < -0.3 is 24.4 Å². The maximum Gasteiger partial charge on any atom is 0.216 e. The molecule has 1 aliphatic rings. The minimum absolute atomic E-state index is 0.0290. The van der Waals surface area contributed by atoms with E-state index in [0.29, 0.717) is 46.0 Å². The predicted octanol–water partition coefficient (Wildman–Crippen LogP) is -0.0127. The van der Waals surface area contributed by atoms with E-state index in [1.165, 1.54) is 0 Å². The van der Waals surface area contributed by atoms with Crippen molar-refractivity contribution in [1.29, 1.82) is 0 Å². The molecule has 0 aromatic carbocycles. The standard InChI is InChI=1S/C17H36N4O5S/c1-16(2)26-14-15-27(22,23)21-9-7-20(8-10-21)17(18-3)19-6-5-11-25-13-12-24-4/h16H,5-15H2,1-4H3,(H,18,19). The monoisotopic (exact) mass is 408 g/mol. The highest BCUT2D eigenvalue weighted by Crippen LogP contribution is 2.09. The molecule has 0 spiro atoms. The Labute approximate surface area is 164 Å². The molecule has 0 saturated carbocycles. The number of nitrogens with zero attached hydrogens (tertiary/aromatic N) is 3. The van der Waals surface area contributed by atoms with Crippen LogP contribution in [0.2, 0.25) is 0 Å². The van der Waals surface area contributed by atoms with Gasteiger partial charge in [-0.2, -0.15) is 4.31 Å². The summed E-state index contributed by atoms with van der Waals surface area (Å²) in [5.74, 6) is 0.827. The summed E-state index contributed by atoms with van der Waals surface area (Å²) in [5, 5.41) is 3.31.